The van der Waals surface area contributed by atoms with Gasteiger partial charge in [-0.15, -0.1) is 0 Å². The van der Waals surface area contributed by atoms with E-state index in [4.69, 9.17) is 16.3 Å². The van der Waals surface area contributed by atoms with Gasteiger partial charge in [-0.05, 0) is 51.0 Å². The zero-order valence-corrected chi connectivity index (χ0v) is 17.4. The molecule has 0 saturated heterocycles. The number of amides is 1. The van der Waals surface area contributed by atoms with E-state index in [0.29, 0.717) is 11.4 Å². The molecular formula is C22H22ClN3O3. The molecule has 0 radical (unpaired) electrons. The number of para-hydroxylation sites is 2. The maximum absolute atomic E-state index is 12.7. The monoisotopic (exact) mass is 411 g/mol. The molecule has 0 spiro atoms. The average molecular weight is 412 g/mol. The van der Waals surface area contributed by atoms with Gasteiger partial charge in [0.25, 0.3) is 5.91 Å². The summed E-state index contributed by atoms with van der Waals surface area (Å²) in [5.74, 6) is -1.11. The SMILES string of the molecule is Cc1cccc(C)c1NC(=O)C(C)OC(=O)c1c(C)nn(-c2ccccc2)c1Cl. The van der Waals surface area contributed by atoms with Crippen molar-refractivity contribution in [3.05, 3.63) is 76.1 Å². The summed E-state index contributed by atoms with van der Waals surface area (Å²) in [6, 6.07) is 14.9. The van der Waals surface area contributed by atoms with Crippen molar-refractivity contribution in [2.24, 2.45) is 0 Å². The Morgan fingerprint density at radius 1 is 1.03 bits per heavy atom. The second-order valence-corrected chi connectivity index (χ2v) is 7.16. The van der Waals surface area contributed by atoms with Crippen LogP contribution in [0.4, 0.5) is 5.69 Å². The molecule has 1 aromatic heterocycles. The molecule has 1 atom stereocenters. The highest BCUT2D eigenvalue weighted by Crippen LogP contribution is 2.25. The van der Waals surface area contributed by atoms with Crippen LogP contribution in [0.1, 0.15) is 34.1 Å². The van der Waals surface area contributed by atoms with Gasteiger partial charge < -0.3 is 10.1 Å². The zero-order valence-electron chi connectivity index (χ0n) is 16.7. The molecule has 0 saturated carbocycles. The molecule has 0 fully saturated rings. The van der Waals surface area contributed by atoms with Gasteiger partial charge in [-0.3, -0.25) is 4.79 Å². The predicted octanol–water partition coefficient (Wildman–Crippen LogP) is 4.63. The van der Waals surface area contributed by atoms with Crippen molar-refractivity contribution in [1.82, 2.24) is 9.78 Å². The van der Waals surface area contributed by atoms with Gasteiger partial charge in [0.05, 0.1) is 11.4 Å². The van der Waals surface area contributed by atoms with Crippen LogP contribution >= 0.6 is 11.6 Å². The van der Waals surface area contributed by atoms with Crippen LogP contribution < -0.4 is 5.32 Å². The summed E-state index contributed by atoms with van der Waals surface area (Å²) in [6.45, 7) is 7.00. The maximum atomic E-state index is 12.7. The Morgan fingerprint density at radius 3 is 2.28 bits per heavy atom. The summed E-state index contributed by atoms with van der Waals surface area (Å²) in [4.78, 5) is 25.2. The van der Waals surface area contributed by atoms with E-state index in [2.05, 4.69) is 10.4 Å². The highest BCUT2D eigenvalue weighted by molar-refractivity contribution is 6.33. The third kappa shape index (κ3) is 4.32. The van der Waals surface area contributed by atoms with E-state index in [1.54, 1.807) is 6.92 Å². The zero-order chi connectivity index (χ0) is 21.1. The van der Waals surface area contributed by atoms with E-state index < -0.39 is 18.0 Å². The molecule has 1 amide bonds. The Morgan fingerprint density at radius 2 is 1.66 bits per heavy atom. The number of rotatable bonds is 5. The lowest BCUT2D eigenvalue weighted by Gasteiger charge is -2.16. The molecule has 1 N–H and O–H groups in total. The van der Waals surface area contributed by atoms with Gasteiger partial charge >= 0.3 is 5.97 Å². The van der Waals surface area contributed by atoms with Crippen LogP contribution in [-0.4, -0.2) is 27.8 Å². The van der Waals surface area contributed by atoms with Crippen LogP contribution in [0.3, 0.4) is 0 Å². The number of benzene rings is 2. The van der Waals surface area contributed by atoms with Crippen molar-refractivity contribution >= 4 is 29.2 Å². The van der Waals surface area contributed by atoms with Crippen LogP contribution in [0.2, 0.25) is 5.15 Å². The first-order chi connectivity index (χ1) is 13.8. The van der Waals surface area contributed by atoms with E-state index in [9.17, 15) is 9.59 Å². The van der Waals surface area contributed by atoms with Crippen LogP contribution in [0.15, 0.2) is 48.5 Å². The predicted molar refractivity (Wildman–Crippen MR) is 113 cm³/mol. The van der Waals surface area contributed by atoms with E-state index in [0.717, 1.165) is 16.8 Å². The smallest absolute Gasteiger partial charge is 0.344 e. The molecule has 2 aromatic carbocycles. The number of anilines is 1. The lowest BCUT2D eigenvalue weighted by Crippen LogP contribution is -2.30. The molecule has 0 aliphatic rings. The third-order valence-electron chi connectivity index (χ3n) is 4.59. The first kappa shape index (κ1) is 20.6. The topological polar surface area (TPSA) is 73.2 Å². The molecule has 1 unspecified atom stereocenters. The van der Waals surface area contributed by atoms with Crippen molar-refractivity contribution in [2.75, 3.05) is 5.32 Å². The van der Waals surface area contributed by atoms with Gasteiger partial charge in [-0.2, -0.15) is 5.10 Å². The molecular weight excluding hydrogens is 390 g/mol. The molecule has 150 valence electrons. The summed E-state index contributed by atoms with van der Waals surface area (Å²) in [5, 5.41) is 7.29. The molecule has 7 heteroatoms. The number of aryl methyl sites for hydroxylation is 3. The van der Waals surface area contributed by atoms with Gasteiger partial charge in [0.2, 0.25) is 0 Å². The number of nitrogens with zero attached hydrogens (tertiary/aromatic N) is 2. The van der Waals surface area contributed by atoms with Crippen LogP contribution in [0, 0.1) is 20.8 Å². The molecule has 6 nitrogen and oxygen atoms in total. The molecule has 3 rings (SSSR count). The number of carbonyl (C=O) groups is 2. The Kier molecular flexibility index (Phi) is 6.03. The molecule has 0 bridgehead atoms. The van der Waals surface area contributed by atoms with Crippen LogP contribution in [0.25, 0.3) is 5.69 Å². The Labute approximate surface area is 174 Å². The normalized spacial score (nSPS) is 11.8. The largest absolute Gasteiger partial charge is 0.449 e. The van der Waals surface area contributed by atoms with Gasteiger partial charge in [0.1, 0.15) is 10.7 Å². The molecule has 29 heavy (non-hydrogen) atoms. The molecule has 3 aromatic rings. The maximum Gasteiger partial charge on any atom is 0.344 e. The lowest BCUT2D eigenvalue weighted by atomic mass is 10.1. The highest BCUT2D eigenvalue weighted by Gasteiger charge is 2.26. The van der Waals surface area contributed by atoms with Crippen molar-refractivity contribution in [1.29, 1.82) is 0 Å². The van der Waals surface area contributed by atoms with Crippen molar-refractivity contribution < 1.29 is 14.3 Å². The minimum absolute atomic E-state index is 0.140. The number of nitrogens with one attached hydrogen (secondary N) is 1. The standard InChI is InChI=1S/C22H22ClN3O3/c1-13-9-8-10-14(2)19(13)24-21(27)16(4)29-22(28)18-15(3)25-26(20(18)23)17-11-6-5-7-12-17/h5-12,16H,1-4H3,(H,24,27). The summed E-state index contributed by atoms with van der Waals surface area (Å²) < 4.78 is 6.84. The fourth-order valence-electron chi connectivity index (χ4n) is 2.98. The van der Waals surface area contributed by atoms with Gasteiger partial charge in [-0.25, -0.2) is 9.48 Å². The van der Waals surface area contributed by atoms with Crippen LogP contribution in [-0.2, 0) is 9.53 Å². The van der Waals surface area contributed by atoms with E-state index in [1.165, 1.54) is 11.6 Å². The quantitative estimate of drug-likeness (QED) is 0.621. The van der Waals surface area contributed by atoms with Gasteiger partial charge in [0, 0.05) is 5.69 Å². The summed E-state index contributed by atoms with van der Waals surface area (Å²) >= 11 is 6.39. The first-order valence-corrected chi connectivity index (χ1v) is 9.56. The third-order valence-corrected chi connectivity index (χ3v) is 4.94. The Hall–Kier alpha value is -3.12. The summed E-state index contributed by atoms with van der Waals surface area (Å²) in [5.41, 5.74) is 3.86. The summed E-state index contributed by atoms with van der Waals surface area (Å²) in [6.07, 6.45) is -1.00. The van der Waals surface area contributed by atoms with Crippen molar-refractivity contribution in [3.63, 3.8) is 0 Å². The fraction of sp³-hybridized carbons (Fsp3) is 0.227. The molecule has 0 aliphatic carbocycles. The lowest BCUT2D eigenvalue weighted by molar-refractivity contribution is -0.123. The average Bonchev–Trinajstić information content (AvgIpc) is 2.99. The number of esters is 1. The molecule has 0 aliphatic heterocycles. The fourth-order valence-corrected chi connectivity index (χ4v) is 3.33. The highest BCUT2D eigenvalue weighted by atomic mass is 35.5. The number of hydrogen-bond donors (Lipinski definition) is 1. The summed E-state index contributed by atoms with van der Waals surface area (Å²) in [7, 11) is 0. The minimum Gasteiger partial charge on any atom is -0.449 e. The number of hydrogen-bond acceptors (Lipinski definition) is 4. The van der Waals surface area contributed by atoms with Gasteiger partial charge in [-0.1, -0.05) is 48.0 Å². The second-order valence-electron chi connectivity index (χ2n) is 6.80. The van der Waals surface area contributed by atoms with Crippen molar-refractivity contribution in [3.8, 4) is 5.69 Å². The number of carbonyl (C=O) groups excluding carboxylic acids is 2. The van der Waals surface area contributed by atoms with Gasteiger partial charge in [0.15, 0.2) is 6.10 Å². The number of halogens is 1. The Balaban J connectivity index is 1.76. The first-order valence-electron chi connectivity index (χ1n) is 9.18. The number of aromatic nitrogens is 2. The van der Waals surface area contributed by atoms with E-state index in [1.807, 2.05) is 62.4 Å². The molecule has 1 heterocycles. The second kappa shape index (κ2) is 8.49. The van der Waals surface area contributed by atoms with E-state index >= 15 is 0 Å². The van der Waals surface area contributed by atoms with Crippen molar-refractivity contribution in [2.45, 2.75) is 33.8 Å². The van der Waals surface area contributed by atoms with E-state index in [-0.39, 0.29) is 10.7 Å². The minimum atomic E-state index is -1.00. The van der Waals surface area contributed by atoms with Crippen LogP contribution in [0.5, 0.6) is 0 Å². The number of ether oxygens (including phenoxy) is 1. The Bertz CT molecular complexity index is 1040.